The van der Waals surface area contributed by atoms with Crippen molar-refractivity contribution in [3.63, 3.8) is 0 Å². The number of carboxylic acid groups (broad SMARTS) is 1. The standard InChI is InChI=1S/C17H24O5/c1-14(22-13-21-11-10-20-2)8-9-16(12-17(18)19)15-6-4-3-5-7-15/h3-9,14,16H,10-13H2,1-2H3,(H,18,19)/b9-8+/t14-,16-/m0/s1. The quantitative estimate of drug-likeness (QED) is 0.387. The van der Waals surface area contributed by atoms with E-state index in [4.69, 9.17) is 19.3 Å². The summed E-state index contributed by atoms with van der Waals surface area (Å²) in [6.45, 7) is 3.09. The van der Waals surface area contributed by atoms with Crippen LogP contribution in [0.15, 0.2) is 42.5 Å². The van der Waals surface area contributed by atoms with Crippen molar-refractivity contribution in [3.8, 4) is 0 Å². The second-order valence-corrected chi connectivity index (χ2v) is 4.89. The van der Waals surface area contributed by atoms with E-state index in [0.717, 1.165) is 5.56 Å². The molecule has 2 atom stereocenters. The van der Waals surface area contributed by atoms with Crippen molar-refractivity contribution in [3.05, 3.63) is 48.0 Å². The molecule has 0 saturated heterocycles. The van der Waals surface area contributed by atoms with Gasteiger partial charge in [-0.15, -0.1) is 0 Å². The van der Waals surface area contributed by atoms with E-state index >= 15 is 0 Å². The largest absolute Gasteiger partial charge is 0.481 e. The molecule has 22 heavy (non-hydrogen) atoms. The maximum atomic E-state index is 11.0. The van der Waals surface area contributed by atoms with Crippen molar-refractivity contribution in [1.82, 2.24) is 0 Å². The molecule has 0 aliphatic carbocycles. The van der Waals surface area contributed by atoms with E-state index in [-0.39, 0.29) is 25.2 Å². The Morgan fingerprint density at radius 2 is 1.95 bits per heavy atom. The smallest absolute Gasteiger partial charge is 0.304 e. The number of carboxylic acids is 1. The van der Waals surface area contributed by atoms with Crippen LogP contribution in [-0.4, -0.2) is 44.3 Å². The lowest BCUT2D eigenvalue weighted by Crippen LogP contribution is -2.12. The number of allylic oxidation sites excluding steroid dienone is 1. The summed E-state index contributed by atoms with van der Waals surface area (Å²) in [5, 5.41) is 9.04. The zero-order valence-corrected chi connectivity index (χ0v) is 13.1. The molecule has 0 heterocycles. The van der Waals surface area contributed by atoms with E-state index in [1.165, 1.54) is 0 Å². The summed E-state index contributed by atoms with van der Waals surface area (Å²) in [6, 6.07) is 9.58. The lowest BCUT2D eigenvalue weighted by atomic mass is 9.95. The maximum absolute atomic E-state index is 11.0. The van der Waals surface area contributed by atoms with Crippen molar-refractivity contribution in [2.45, 2.75) is 25.4 Å². The van der Waals surface area contributed by atoms with Gasteiger partial charge in [0.1, 0.15) is 6.79 Å². The summed E-state index contributed by atoms with van der Waals surface area (Å²) in [7, 11) is 1.61. The average molecular weight is 308 g/mol. The van der Waals surface area contributed by atoms with Crippen molar-refractivity contribution >= 4 is 5.97 Å². The number of benzene rings is 1. The van der Waals surface area contributed by atoms with Crippen LogP contribution in [0, 0.1) is 0 Å². The van der Waals surface area contributed by atoms with Gasteiger partial charge in [-0.1, -0.05) is 42.5 Å². The summed E-state index contributed by atoms with van der Waals surface area (Å²) in [6.07, 6.45) is 3.64. The Bertz CT molecular complexity index is 444. The maximum Gasteiger partial charge on any atom is 0.304 e. The Balaban J connectivity index is 2.48. The highest BCUT2D eigenvalue weighted by molar-refractivity contribution is 5.68. The van der Waals surface area contributed by atoms with Crippen LogP contribution in [0.1, 0.15) is 24.8 Å². The van der Waals surface area contributed by atoms with Gasteiger partial charge in [-0.25, -0.2) is 0 Å². The number of carbonyl (C=O) groups is 1. The predicted octanol–water partition coefficient (Wildman–Crippen LogP) is 2.83. The van der Waals surface area contributed by atoms with E-state index in [1.54, 1.807) is 7.11 Å². The van der Waals surface area contributed by atoms with Gasteiger partial charge in [0.25, 0.3) is 0 Å². The summed E-state index contributed by atoms with van der Waals surface area (Å²) >= 11 is 0. The van der Waals surface area contributed by atoms with Gasteiger partial charge in [0.2, 0.25) is 0 Å². The molecule has 0 aliphatic heterocycles. The SMILES string of the molecule is COCCOCO[C@@H](C)/C=C/[C@@H](CC(=O)O)c1ccccc1. The Hall–Kier alpha value is -1.69. The first-order valence-electron chi connectivity index (χ1n) is 7.26. The Kier molecular flexibility index (Phi) is 9.14. The first-order valence-corrected chi connectivity index (χ1v) is 7.26. The lowest BCUT2D eigenvalue weighted by molar-refractivity contribution is -0.137. The molecule has 1 aromatic rings. The first-order chi connectivity index (χ1) is 10.6. The summed E-state index contributed by atoms with van der Waals surface area (Å²) in [5.41, 5.74) is 0.977. The minimum atomic E-state index is -0.824. The Morgan fingerprint density at radius 1 is 1.23 bits per heavy atom. The van der Waals surface area contributed by atoms with E-state index < -0.39 is 5.97 Å². The van der Waals surface area contributed by atoms with Crippen LogP contribution >= 0.6 is 0 Å². The molecule has 122 valence electrons. The third-order valence-corrected chi connectivity index (χ3v) is 3.08. The second kappa shape index (κ2) is 11.0. The summed E-state index contributed by atoms with van der Waals surface area (Å²) in [4.78, 5) is 11.0. The van der Waals surface area contributed by atoms with Crippen LogP contribution < -0.4 is 0 Å². The monoisotopic (exact) mass is 308 g/mol. The third-order valence-electron chi connectivity index (χ3n) is 3.08. The van der Waals surface area contributed by atoms with Crippen molar-refractivity contribution < 1.29 is 24.1 Å². The summed E-state index contributed by atoms with van der Waals surface area (Å²) < 4.78 is 15.6. The first kappa shape index (κ1) is 18.4. The molecular formula is C17H24O5. The van der Waals surface area contributed by atoms with Crippen LogP contribution in [0.5, 0.6) is 0 Å². The lowest BCUT2D eigenvalue weighted by Gasteiger charge is -2.13. The molecule has 5 heteroatoms. The van der Waals surface area contributed by atoms with Gasteiger partial charge in [0.05, 0.1) is 25.7 Å². The molecular weight excluding hydrogens is 284 g/mol. The zero-order chi connectivity index (χ0) is 16.2. The third kappa shape index (κ3) is 7.93. The molecule has 0 saturated carbocycles. The van der Waals surface area contributed by atoms with E-state index in [0.29, 0.717) is 13.2 Å². The number of rotatable bonds is 11. The molecule has 0 aromatic heterocycles. The molecule has 1 rings (SSSR count). The molecule has 0 radical (unpaired) electrons. The van der Waals surface area contributed by atoms with Gasteiger partial charge in [0.15, 0.2) is 0 Å². The average Bonchev–Trinajstić information content (AvgIpc) is 2.51. The molecule has 0 aliphatic rings. The van der Waals surface area contributed by atoms with E-state index in [9.17, 15) is 4.79 Å². The normalized spacial score (nSPS) is 14.1. The molecule has 5 nitrogen and oxygen atoms in total. The van der Waals surface area contributed by atoms with Crippen LogP contribution in [0.3, 0.4) is 0 Å². The number of methoxy groups -OCH3 is 1. The molecule has 0 unspecified atom stereocenters. The molecule has 1 aromatic carbocycles. The van der Waals surface area contributed by atoms with E-state index in [1.807, 2.05) is 49.4 Å². The van der Waals surface area contributed by atoms with Gasteiger partial charge in [-0.05, 0) is 12.5 Å². The molecule has 0 bridgehead atoms. The van der Waals surface area contributed by atoms with Gasteiger partial charge in [-0.2, -0.15) is 0 Å². The molecule has 0 spiro atoms. The highest BCUT2D eigenvalue weighted by Gasteiger charge is 2.12. The number of ether oxygens (including phenoxy) is 3. The fourth-order valence-electron chi connectivity index (χ4n) is 1.89. The number of hydrogen-bond acceptors (Lipinski definition) is 4. The minimum Gasteiger partial charge on any atom is -0.481 e. The van der Waals surface area contributed by atoms with Crippen LogP contribution in [-0.2, 0) is 19.0 Å². The van der Waals surface area contributed by atoms with Crippen LogP contribution in [0.25, 0.3) is 0 Å². The molecule has 0 fully saturated rings. The van der Waals surface area contributed by atoms with Gasteiger partial charge in [-0.3, -0.25) is 4.79 Å². The van der Waals surface area contributed by atoms with Gasteiger partial charge in [0, 0.05) is 13.0 Å². The Morgan fingerprint density at radius 3 is 2.59 bits per heavy atom. The molecule has 1 N–H and O–H groups in total. The van der Waals surface area contributed by atoms with Crippen LogP contribution in [0.2, 0.25) is 0 Å². The van der Waals surface area contributed by atoms with Crippen LogP contribution in [0.4, 0.5) is 0 Å². The van der Waals surface area contributed by atoms with Crippen molar-refractivity contribution in [1.29, 1.82) is 0 Å². The van der Waals surface area contributed by atoms with E-state index in [2.05, 4.69) is 0 Å². The van der Waals surface area contributed by atoms with Gasteiger partial charge < -0.3 is 19.3 Å². The second-order valence-electron chi connectivity index (χ2n) is 4.89. The zero-order valence-electron chi connectivity index (χ0n) is 13.1. The number of aliphatic carboxylic acids is 1. The van der Waals surface area contributed by atoms with Crippen molar-refractivity contribution in [2.75, 3.05) is 27.1 Å². The highest BCUT2D eigenvalue weighted by Crippen LogP contribution is 2.21. The predicted molar refractivity (Wildman–Crippen MR) is 83.8 cm³/mol. The fraction of sp³-hybridized carbons (Fsp3) is 0.471. The minimum absolute atomic E-state index is 0.0531. The molecule has 0 amide bonds. The van der Waals surface area contributed by atoms with Crippen molar-refractivity contribution in [2.24, 2.45) is 0 Å². The Labute approximate surface area is 131 Å². The fourth-order valence-corrected chi connectivity index (χ4v) is 1.89. The highest BCUT2D eigenvalue weighted by atomic mass is 16.7. The topological polar surface area (TPSA) is 65.0 Å². The van der Waals surface area contributed by atoms with Gasteiger partial charge >= 0.3 is 5.97 Å². The number of hydrogen-bond donors (Lipinski definition) is 1. The summed E-state index contributed by atoms with van der Waals surface area (Å²) in [5.74, 6) is -0.992.